The standard InChI is InChI=1S/C30H31N7O3.C27H22N8O.C26H23F3N6O.C26H21N9O/c1-4-20-9-22-14-31-30(34-29(22)27(10-20)39-3)33-24-11-21(23-15-32-35(2)16-23)12-25(13-24)40-26-17-37(18-26)28(38)19-36-7-5-6-8-36;1-4-19(17-35-11-3-9-31-35)12-22(6-1)32-27-29-16-21-13-23(24-7-10-30-34-24)26(14-25(21)33-27)36-18-20-5-2-8-28-15-20;1-3-17-4-5-24-19(8-17)12-30-25(33-24)32-21-9-18(20-13-31-34(2)14-20)10-23(11-21)36-22-6-7-35(15-22)16-26(27,28)29;1-3-18(16-35-10-2-6-31-35)11-20(4-1)32-26-29-14-19-12-22(23-5-7-30-34-23)25(13-24(19)33-26)36-17-21-15-27-8-9-28-21/h1,9-16,26H,5-8,17-19H2,2-3H3,(H,31,33,34);1-16H,17-18H2,(H,30,34)(H,29,32,33);1,4-5,8-14,22H,6-7,15-16H2,2H3,(H,30,32,33);1-15H,16-17H2,(H,30,34)(H,29,32,33)/t;;22-;/m..0./s1. The highest BCUT2D eigenvalue weighted by Gasteiger charge is 2.36. The second-order valence-electron chi connectivity index (χ2n) is 35.3. The predicted octanol–water partition coefficient (Wildman–Crippen LogP) is 17.6. The number of aryl methyl sites for hydroxylation is 2. The molecule has 12 aromatic heterocycles. The smallest absolute Gasteiger partial charge is 0.401 e. The Hall–Kier alpha value is -18.9. The van der Waals surface area contributed by atoms with E-state index in [0.29, 0.717) is 122 Å². The molecule has 0 saturated carbocycles. The molecular formula is C109H97F3N30O6. The zero-order valence-electron chi connectivity index (χ0n) is 80.4. The minimum atomic E-state index is -4.23. The Labute approximate surface area is 846 Å². The number of halogens is 3. The molecule has 6 N–H and O–H groups in total. The third-order valence-electron chi connectivity index (χ3n) is 24.4. The lowest BCUT2D eigenvalue weighted by Crippen LogP contribution is -2.58. The molecule has 0 spiro atoms. The van der Waals surface area contributed by atoms with Gasteiger partial charge in [-0.15, -0.1) is 12.8 Å². The van der Waals surface area contributed by atoms with Gasteiger partial charge in [-0.1, -0.05) is 42.2 Å². The zero-order valence-corrected chi connectivity index (χ0v) is 80.4. The van der Waals surface area contributed by atoms with Crippen molar-refractivity contribution in [3.8, 4) is 98.2 Å². The van der Waals surface area contributed by atoms with Gasteiger partial charge in [0.05, 0.1) is 98.6 Å². The maximum atomic E-state index is 12.8. The number of methoxy groups -OCH3 is 1. The summed E-state index contributed by atoms with van der Waals surface area (Å²) in [5.41, 5.74) is 18.6. The highest BCUT2D eigenvalue weighted by Crippen LogP contribution is 2.40. The molecular weight excluding hydrogens is 1880 g/mol. The Balaban J connectivity index is 0.000000120. The second kappa shape index (κ2) is 44.7. The molecule has 1 amide bonds. The van der Waals surface area contributed by atoms with E-state index in [4.69, 9.17) is 51.5 Å². The van der Waals surface area contributed by atoms with E-state index >= 15 is 0 Å². The normalized spacial score (nSPS) is 13.5. The van der Waals surface area contributed by atoms with Crippen molar-refractivity contribution >= 4 is 96.1 Å². The van der Waals surface area contributed by atoms with E-state index in [9.17, 15) is 18.0 Å². The van der Waals surface area contributed by atoms with Crippen molar-refractivity contribution in [2.24, 2.45) is 14.1 Å². The number of likely N-dealkylation sites (tertiary alicyclic amines) is 3. The van der Waals surface area contributed by atoms with Crippen LogP contribution in [0.25, 0.3) is 88.4 Å². The van der Waals surface area contributed by atoms with Crippen LogP contribution in [-0.2, 0) is 45.2 Å². The van der Waals surface area contributed by atoms with Gasteiger partial charge in [-0.2, -0.15) is 43.8 Å². The SMILES string of the molecule is C#Cc1cc(OC)c2nc(Nc3cc(OC4CN(C(=O)CN5CCCC5)C4)cc(-c4cnn(C)c4)c3)ncc2c1.C#Cc1ccc2nc(Nc3cc(O[C@H]4CCN(CC(F)(F)F)C4)cc(-c4cnn(C)c4)c3)ncc2c1.c1cc(Cn2cccn2)cc(Nc2ncc3cc(-c4ccn[nH]4)c(OCc4cnccn4)cc3n2)c1.c1cncc(COc2cc3nc(Nc4cccc(Cn5cccn5)c4)ncc3cc2-c2ccn[nH]2)c1. The zero-order chi connectivity index (χ0) is 101. The lowest BCUT2D eigenvalue weighted by atomic mass is 10.1. The van der Waals surface area contributed by atoms with Crippen LogP contribution in [0.3, 0.4) is 0 Å². The molecule has 3 aliphatic rings. The maximum absolute atomic E-state index is 12.8. The first-order chi connectivity index (χ1) is 72.3. The van der Waals surface area contributed by atoms with Crippen molar-refractivity contribution in [1.29, 1.82) is 0 Å². The number of terminal acetylenes is 2. The summed E-state index contributed by atoms with van der Waals surface area (Å²) in [6, 6.07) is 56.2. The number of ether oxygens (including phenoxy) is 5. The van der Waals surface area contributed by atoms with Gasteiger partial charge in [-0.3, -0.25) is 58.5 Å². The van der Waals surface area contributed by atoms with Gasteiger partial charge in [0.25, 0.3) is 0 Å². The molecule has 3 saturated heterocycles. The Morgan fingerprint density at radius 3 is 1.53 bits per heavy atom. The molecule has 20 aromatic rings. The molecule has 740 valence electrons. The van der Waals surface area contributed by atoms with Crippen LogP contribution < -0.4 is 45.0 Å². The van der Waals surface area contributed by atoms with Gasteiger partial charge in [0.2, 0.25) is 29.7 Å². The third-order valence-corrected chi connectivity index (χ3v) is 24.4. The molecule has 148 heavy (non-hydrogen) atoms. The molecule has 23 rings (SSSR count). The van der Waals surface area contributed by atoms with Crippen molar-refractivity contribution < 1.29 is 41.7 Å². The van der Waals surface area contributed by atoms with E-state index in [1.54, 1.807) is 109 Å². The number of amides is 1. The number of anilines is 8. The van der Waals surface area contributed by atoms with Gasteiger partial charge in [-0.25, -0.2) is 39.9 Å². The first kappa shape index (κ1) is 96.6. The quantitative estimate of drug-likeness (QED) is 0.0228. The molecule has 8 aromatic carbocycles. The topological polar surface area (TPSA) is 391 Å². The number of nitrogens with one attached hydrogen (secondary N) is 6. The van der Waals surface area contributed by atoms with Gasteiger partial charge >= 0.3 is 6.18 Å². The van der Waals surface area contributed by atoms with Gasteiger partial charge in [0.1, 0.15) is 59.7 Å². The number of fused-ring (bicyclic) bond motifs is 4. The first-order valence-electron chi connectivity index (χ1n) is 47.5. The van der Waals surface area contributed by atoms with Crippen molar-refractivity contribution in [2.45, 2.75) is 63.9 Å². The number of aromatic amines is 2. The Morgan fingerprint density at radius 1 is 0.459 bits per heavy atom. The molecule has 0 aliphatic carbocycles. The summed E-state index contributed by atoms with van der Waals surface area (Å²) in [5, 5.41) is 47.9. The third kappa shape index (κ3) is 24.9. The monoisotopic (exact) mass is 1980 g/mol. The number of carbonyl (C=O) groups excluding carboxylic acids is 1. The summed E-state index contributed by atoms with van der Waals surface area (Å²) in [7, 11) is 5.30. The molecule has 39 heteroatoms. The number of benzene rings is 8. The van der Waals surface area contributed by atoms with E-state index < -0.39 is 12.7 Å². The molecule has 1 atom stereocenters. The maximum Gasteiger partial charge on any atom is 0.401 e. The summed E-state index contributed by atoms with van der Waals surface area (Å²) in [6.07, 6.45) is 43.0. The molecule has 0 bridgehead atoms. The average Bonchev–Trinajstić information content (AvgIpc) is 1.33. The number of alkyl halides is 3. The van der Waals surface area contributed by atoms with Crippen molar-refractivity contribution in [1.82, 2.24) is 129 Å². The summed E-state index contributed by atoms with van der Waals surface area (Å²) in [5.74, 6) is 10.4. The number of rotatable bonds is 30. The van der Waals surface area contributed by atoms with E-state index in [0.717, 1.165) is 141 Å². The number of hydrogen-bond acceptors (Lipinski definition) is 29. The van der Waals surface area contributed by atoms with Crippen LogP contribution >= 0.6 is 0 Å². The molecule has 15 heterocycles. The van der Waals surface area contributed by atoms with Crippen LogP contribution in [0, 0.1) is 24.7 Å². The summed E-state index contributed by atoms with van der Waals surface area (Å²) < 4.78 is 75.9. The Kier molecular flexibility index (Phi) is 29.2. The highest BCUT2D eigenvalue weighted by molar-refractivity contribution is 5.91. The number of hydrogen-bond donors (Lipinski definition) is 6. The number of carbonyl (C=O) groups is 1. The number of nitrogens with zero attached hydrogens (tertiary/aromatic N) is 24. The average molecular weight is 1980 g/mol. The van der Waals surface area contributed by atoms with Gasteiger partial charge < -0.3 is 49.9 Å². The summed E-state index contributed by atoms with van der Waals surface area (Å²) in [6.45, 7) is 5.34. The minimum Gasteiger partial charge on any atom is -0.494 e. The predicted molar refractivity (Wildman–Crippen MR) is 555 cm³/mol. The molecule has 3 aliphatic heterocycles. The highest BCUT2D eigenvalue weighted by atomic mass is 19.4. The lowest BCUT2D eigenvalue weighted by molar-refractivity contribution is -0.144. The number of H-pyrrole nitrogens is 2. The Bertz CT molecular complexity index is 7850. The Morgan fingerprint density at radius 2 is 1.01 bits per heavy atom. The van der Waals surface area contributed by atoms with Crippen LogP contribution in [0.5, 0.6) is 28.7 Å². The molecule has 0 unspecified atom stereocenters. The van der Waals surface area contributed by atoms with Crippen LogP contribution in [0.2, 0.25) is 0 Å². The van der Waals surface area contributed by atoms with Gasteiger partial charge in [-0.05, 0) is 176 Å². The molecule has 36 nitrogen and oxygen atoms in total. The van der Waals surface area contributed by atoms with Crippen LogP contribution in [0.4, 0.5) is 59.7 Å². The first-order valence-corrected chi connectivity index (χ1v) is 47.5. The van der Waals surface area contributed by atoms with Crippen LogP contribution in [0.15, 0.2) is 294 Å². The second-order valence-corrected chi connectivity index (χ2v) is 35.3. The number of aromatic nitrogens is 23. The molecule has 0 radical (unpaired) electrons. The van der Waals surface area contributed by atoms with E-state index in [-0.39, 0.29) is 31.3 Å². The largest absolute Gasteiger partial charge is 0.494 e. The number of pyridine rings is 1. The lowest BCUT2D eigenvalue weighted by Gasteiger charge is -2.39. The van der Waals surface area contributed by atoms with E-state index in [1.165, 1.54) is 17.7 Å². The molecule has 3 fully saturated rings. The van der Waals surface area contributed by atoms with Crippen LogP contribution in [-0.4, -0.2) is 213 Å². The van der Waals surface area contributed by atoms with Crippen molar-refractivity contribution in [2.75, 3.05) is 80.7 Å². The minimum absolute atomic E-state index is 0.0638. The van der Waals surface area contributed by atoms with Gasteiger partial charge in [0.15, 0.2) is 0 Å². The fraction of sp³-hybridized carbons (Fsp3) is 0.193. The van der Waals surface area contributed by atoms with Crippen LogP contribution in [0.1, 0.15) is 52.8 Å². The summed E-state index contributed by atoms with van der Waals surface area (Å²) in [4.78, 5) is 67.4. The fourth-order valence-electron chi connectivity index (χ4n) is 17.3. The summed E-state index contributed by atoms with van der Waals surface area (Å²) >= 11 is 0. The fourth-order valence-corrected chi connectivity index (χ4v) is 17.3. The van der Waals surface area contributed by atoms with Gasteiger partial charge in [0, 0.05) is 234 Å². The van der Waals surface area contributed by atoms with E-state index in [2.05, 4.69) is 143 Å². The van der Waals surface area contributed by atoms with E-state index in [1.807, 2.05) is 205 Å². The van der Waals surface area contributed by atoms with Crippen molar-refractivity contribution in [3.63, 3.8) is 0 Å². The van der Waals surface area contributed by atoms with Crippen molar-refractivity contribution in [3.05, 3.63) is 327 Å².